The molecule has 0 saturated carbocycles. The Balaban J connectivity index is 3.17. The van der Waals surface area contributed by atoms with Gasteiger partial charge in [0.25, 0.3) is 0 Å². The number of benzene rings is 1. The minimum atomic E-state index is -0.818. The molecule has 0 spiro atoms. The van der Waals surface area contributed by atoms with E-state index < -0.39 is 16.5 Å². The lowest BCUT2D eigenvalue weighted by Gasteiger charge is -2.10. The van der Waals surface area contributed by atoms with Crippen LogP contribution in [-0.4, -0.2) is 18.3 Å². The summed E-state index contributed by atoms with van der Waals surface area (Å²) >= 11 is 9.34. The Hall–Kier alpha value is -1.00. The predicted molar refractivity (Wildman–Crippen MR) is 60.4 cm³/mol. The second-order valence-corrected chi connectivity index (χ2v) is 3.67. The van der Waals surface area contributed by atoms with Gasteiger partial charge in [0.1, 0.15) is 5.25 Å². The summed E-state index contributed by atoms with van der Waals surface area (Å²) < 4.78 is 4.58. The molecule has 0 heterocycles. The van der Waals surface area contributed by atoms with Crippen LogP contribution in [0.2, 0.25) is 0 Å². The van der Waals surface area contributed by atoms with Gasteiger partial charge in [-0.15, -0.1) is 0 Å². The quantitative estimate of drug-likeness (QED) is 0.504. The van der Waals surface area contributed by atoms with Crippen LogP contribution in [0.25, 0.3) is 0 Å². The summed E-state index contributed by atoms with van der Waals surface area (Å²) in [6.45, 7) is 0. The molecule has 1 rings (SSSR count). The molecule has 1 unspecified atom stereocenters. The summed E-state index contributed by atoms with van der Waals surface area (Å²) in [5, 5.41) is -1.45. The molecule has 15 heavy (non-hydrogen) atoms. The number of esters is 1. The van der Waals surface area contributed by atoms with Gasteiger partial charge in [0.05, 0.1) is 12.7 Å². The monoisotopic (exact) mass is 244 g/mol. The van der Waals surface area contributed by atoms with Crippen LogP contribution in [0.3, 0.4) is 0 Å². The highest BCUT2D eigenvalue weighted by atomic mass is 35.5. The number of halogens is 1. The third-order valence-electron chi connectivity index (χ3n) is 1.88. The van der Waals surface area contributed by atoms with E-state index in [-0.39, 0.29) is 0 Å². The third-order valence-corrected chi connectivity index (χ3v) is 2.76. The average Bonchev–Trinajstić information content (AvgIpc) is 2.27. The van der Waals surface area contributed by atoms with Crippen LogP contribution in [0, 0.1) is 0 Å². The van der Waals surface area contributed by atoms with Gasteiger partial charge in [-0.05, 0) is 23.2 Å². The smallest absolute Gasteiger partial charge is 0.338 e. The Bertz CT molecular complexity index is 392. The summed E-state index contributed by atoms with van der Waals surface area (Å²) in [7, 11) is 1.27. The molecule has 0 aliphatic heterocycles. The summed E-state index contributed by atoms with van der Waals surface area (Å²) in [5.41, 5.74) is 0.752. The molecule has 80 valence electrons. The number of thiol groups is 1. The molecule has 1 aromatic carbocycles. The molecule has 0 saturated heterocycles. The van der Waals surface area contributed by atoms with E-state index in [1.165, 1.54) is 7.11 Å². The van der Waals surface area contributed by atoms with Gasteiger partial charge in [-0.3, -0.25) is 4.79 Å². The SMILES string of the molecule is COC(=O)c1ccccc1C(S)C(=O)Cl. The predicted octanol–water partition coefficient (Wildman–Crippen LogP) is 2.21. The number of carbonyl (C=O) groups is 2. The Kier molecular flexibility index (Phi) is 4.17. The summed E-state index contributed by atoms with van der Waals surface area (Å²) in [6, 6.07) is 6.55. The van der Waals surface area contributed by atoms with Gasteiger partial charge in [-0.25, -0.2) is 4.79 Å². The minimum absolute atomic E-state index is 0.300. The highest BCUT2D eigenvalue weighted by Crippen LogP contribution is 2.26. The molecule has 0 N–H and O–H groups in total. The maximum atomic E-state index is 11.4. The molecule has 3 nitrogen and oxygen atoms in total. The zero-order valence-corrected chi connectivity index (χ0v) is 9.59. The Morgan fingerprint density at radius 2 is 2.00 bits per heavy atom. The second-order valence-electron chi connectivity index (χ2n) is 2.79. The molecule has 0 aliphatic rings. The Morgan fingerprint density at radius 1 is 1.40 bits per heavy atom. The fourth-order valence-electron chi connectivity index (χ4n) is 1.15. The first-order chi connectivity index (χ1) is 7.07. The summed E-state index contributed by atoms with van der Waals surface area (Å²) in [5.74, 6) is -0.512. The van der Waals surface area contributed by atoms with Crippen molar-refractivity contribution in [3.8, 4) is 0 Å². The number of methoxy groups -OCH3 is 1. The van der Waals surface area contributed by atoms with Crippen LogP contribution >= 0.6 is 24.2 Å². The maximum Gasteiger partial charge on any atom is 0.338 e. The van der Waals surface area contributed by atoms with Crippen LogP contribution in [0.15, 0.2) is 24.3 Å². The zero-order valence-electron chi connectivity index (χ0n) is 7.94. The van der Waals surface area contributed by atoms with E-state index in [4.69, 9.17) is 11.6 Å². The molecule has 0 aromatic heterocycles. The second kappa shape index (κ2) is 5.19. The fourth-order valence-corrected chi connectivity index (χ4v) is 1.50. The normalized spacial score (nSPS) is 11.9. The molecular formula is C10H9ClO3S. The number of hydrogen-bond acceptors (Lipinski definition) is 4. The van der Waals surface area contributed by atoms with Crippen LogP contribution in [0.1, 0.15) is 21.2 Å². The van der Waals surface area contributed by atoms with E-state index in [1.807, 2.05) is 0 Å². The van der Waals surface area contributed by atoms with Crippen molar-refractivity contribution in [2.45, 2.75) is 5.25 Å². The van der Waals surface area contributed by atoms with E-state index in [0.29, 0.717) is 11.1 Å². The van der Waals surface area contributed by atoms with E-state index in [1.54, 1.807) is 24.3 Å². The first kappa shape index (κ1) is 12.1. The topological polar surface area (TPSA) is 43.4 Å². The van der Waals surface area contributed by atoms with Gasteiger partial charge in [-0.2, -0.15) is 12.6 Å². The Labute approximate surface area is 97.8 Å². The molecule has 0 amide bonds. The number of hydrogen-bond donors (Lipinski definition) is 1. The zero-order chi connectivity index (χ0) is 11.4. The number of carbonyl (C=O) groups excluding carboxylic acids is 2. The van der Waals surface area contributed by atoms with Crippen LogP contribution in [0.4, 0.5) is 0 Å². The van der Waals surface area contributed by atoms with Gasteiger partial charge in [0.2, 0.25) is 5.24 Å². The van der Waals surface area contributed by atoms with Crippen molar-refractivity contribution >= 4 is 35.4 Å². The van der Waals surface area contributed by atoms with E-state index in [9.17, 15) is 9.59 Å². The first-order valence-corrected chi connectivity index (χ1v) is 5.02. The molecular weight excluding hydrogens is 236 g/mol. The van der Waals surface area contributed by atoms with Crippen molar-refractivity contribution in [2.24, 2.45) is 0 Å². The molecule has 0 aliphatic carbocycles. The van der Waals surface area contributed by atoms with Crippen molar-refractivity contribution in [1.82, 2.24) is 0 Å². The molecule has 0 radical (unpaired) electrons. The lowest BCUT2D eigenvalue weighted by Crippen LogP contribution is -2.09. The molecule has 5 heteroatoms. The van der Waals surface area contributed by atoms with Crippen molar-refractivity contribution in [3.63, 3.8) is 0 Å². The van der Waals surface area contributed by atoms with Crippen LogP contribution < -0.4 is 0 Å². The maximum absolute atomic E-state index is 11.4. The van der Waals surface area contributed by atoms with E-state index in [0.717, 1.165) is 0 Å². The van der Waals surface area contributed by atoms with Crippen molar-refractivity contribution in [3.05, 3.63) is 35.4 Å². The molecule has 0 fully saturated rings. The van der Waals surface area contributed by atoms with E-state index in [2.05, 4.69) is 17.4 Å². The number of rotatable bonds is 3. The lowest BCUT2D eigenvalue weighted by molar-refractivity contribution is -0.111. The minimum Gasteiger partial charge on any atom is -0.465 e. The molecule has 0 bridgehead atoms. The first-order valence-electron chi connectivity index (χ1n) is 4.12. The highest BCUT2D eigenvalue weighted by Gasteiger charge is 2.20. The lowest BCUT2D eigenvalue weighted by atomic mass is 10.1. The summed E-state index contributed by atoms with van der Waals surface area (Å²) in [4.78, 5) is 22.3. The van der Waals surface area contributed by atoms with Gasteiger partial charge in [-0.1, -0.05) is 18.2 Å². The van der Waals surface area contributed by atoms with Crippen molar-refractivity contribution in [2.75, 3.05) is 7.11 Å². The Morgan fingerprint density at radius 3 is 2.53 bits per heavy atom. The standard InChI is InChI=1S/C10H9ClO3S/c1-14-10(13)7-5-3-2-4-6(7)8(15)9(11)12/h2-5,8,15H,1H3. The number of ether oxygens (including phenoxy) is 1. The van der Waals surface area contributed by atoms with E-state index >= 15 is 0 Å². The van der Waals surface area contributed by atoms with Crippen molar-refractivity contribution in [1.29, 1.82) is 0 Å². The largest absolute Gasteiger partial charge is 0.465 e. The van der Waals surface area contributed by atoms with Gasteiger partial charge >= 0.3 is 5.97 Å². The summed E-state index contributed by atoms with van der Waals surface area (Å²) in [6.07, 6.45) is 0. The fraction of sp³-hybridized carbons (Fsp3) is 0.200. The van der Waals surface area contributed by atoms with Crippen LogP contribution in [0.5, 0.6) is 0 Å². The third kappa shape index (κ3) is 2.73. The van der Waals surface area contributed by atoms with Gasteiger partial charge < -0.3 is 4.74 Å². The van der Waals surface area contributed by atoms with Crippen LogP contribution in [-0.2, 0) is 9.53 Å². The average molecular weight is 245 g/mol. The van der Waals surface area contributed by atoms with Crippen molar-refractivity contribution < 1.29 is 14.3 Å². The highest BCUT2D eigenvalue weighted by molar-refractivity contribution is 7.81. The van der Waals surface area contributed by atoms with Gasteiger partial charge in [0.15, 0.2) is 0 Å². The van der Waals surface area contributed by atoms with Gasteiger partial charge in [0, 0.05) is 0 Å². The molecule has 1 aromatic rings. The molecule has 1 atom stereocenters.